The van der Waals surface area contributed by atoms with Gasteiger partial charge in [-0.05, 0) is 23.8 Å². The molecule has 0 radical (unpaired) electrons. The number of amides is 1. The summed E-state index contributed by atoms with van der Waals surface area (Å²) in [6.07, 6.45) is 0.357. The maximum atomic E-state index is 12.2. The number of hydrogen-bond acceptors (Lipinski definition) is 3. The molecule has 3 N–H and O–H groups in total. The standard InChI is InChI=1S/C18H21Cl2N3O.ClH/c19-15-6-7-16(20)17(12-15)22-18(24)8-10-23(11-9-21)13-14-4-2-1-3-5-14;/h1-7,12H,8-11,13,21H2,(H,22,24);1H. The molecule has 7 heteroatoms. The summed E-state index contributed by atoms with van der Waals surface area (Å²) in [6.45, 7) is 2.67. The lowest BCUT2D eigenvalue weighted by Crippen LogP contribution is -2.32. The van der Waals surface area contributed by atoms with Gasteiger partial charge in [-0.15, -0.1) is 12.4 Å². The van der Waals surface area contributed by atoms with Gasteiger partial charge >= 0.3 is 0 Å². The van der Waals surface area contributed by atoms with E-state index < -0.39 is 0 Å². The number of nitrogens with one attached hydrogen (secondary N) is 1. The molecule has 0 atom stereocenters. The van der Waals surface area contributed by atoms with Crippen LogP contribution in [0.15, 0.2) is 48.5 Å². The monoisotopic (exact) mass is 401 g/mol. The van der Waals surface area contributed by atoms with Gasteiger partial charge in [0.2, 0.25) is 5.91 Å². The Bertz CT molecular complexity index is 668. The predicted molar refractivity (Wildman–Crippen MR) is 108 cm³/mol. The number of anilines is 1. The average Bonchev–Trinajstić information content (AvgIpc) is 2.57. The van der Waals surface area contributed by atoms with Gasteiger partial charge in [0.05, 0.1) is 10.7 Å². The summed E-state index contributed by atoms with van der Waals surface area (Å²) in [7, 11) is 0. The van der Waals surface area contributed by atoms with Gasteiger partial charge < -0.3 is 11.1 Å². The first-order valence-corrected chi connectivity index (χ1v) is 8.55. The highest BCUT2D eigenvalue weighted by Crippen LogP contribution is 2.25. The zero-order chi connectivity index (χ0) is 17.4. The molecule has 4 nitrogen and oxygen atoms in total. The van der Waals surface area contributed by atoms with Crippen molar-refractivity contribution in [2.24, 2.45) is 5.73 Å². The summed E-state index contributed by atoms with van der Waals surface area (Å²) in [5.41, 5.74) is 7.40. The van der Waals surface area contributed by atoms with Gasteiger partial charge in [0.15, 0.2) is 0 Å². The van der Waals surface area contributed by atoms with E-state index in [1.165, 1.54) is 5.56 Å². The number of nitrogens with zero attached hydrogens (tertiary/aromatic N) is 1. The fourth-order valence-electron chi connectivity index (χ4n) is 2.36. The first kappa shape index (κ1) is 21.7. The summed E-state index contributed by atoms with van der Waals surface area (Å²) >= 11 is 12.0. The van der Waals surface area contributed by atoms with E-state index in [4.69, 9.17) is 28.9 Å². The molecule has 2 aromatic carbocycles. The molecule has 136 valence electrons. The van der Waals surface area contributed by atoms with E-state index >= 15 is 0 Å². The molecule has 0 aliphatic heterocycles. The van der Waals surface area contributed by atoms with Crippen LogP contribution in [-0.2, 0) is 11.3 Å². The Labute approximate surface area is 164 Å². The Morgan fingerprint density at radius 1 is 1.08 bits per heavy atom. The van der Waals surface area contributed by atoms with Gasteiger partial charge in [0.25, 0.3) is 0 Å². The molecule has 0 aliphatic carbocycles. The van der Waals surface area contributed by atoms with Crippen molar-refractivity contribution in [3.05, 3.63) is 64.1 Å². The van der Waals surface area contributed by atoms with E-state index in [1.54, 1.807) is 18.2 Å². The number of rotatable bonds is 8. The predicted octanol–water partition coefficient (Wildman–Crippen LogP) is 4.20. The Balaban J connectivity index is 0.00000312. The Hall–Kier alpha value is -1.30. The Kier molecular flexibility index (Phi) is 9.86. The minimum atomic E-state index is -0.103. The Morgan fingerprint density at radius 2 is 1.80 bits per heavy atom. The molecule has 0 fully saturated rings. The third kappa shape index (κ3) is 7.63. The highest BCUT2D eigenvalue weighted by molar-refractivity contribution is 6.35. The van der Waals surface area contributed by atoms with Crippen molar-refractivity contribution in [3.63, 3.8) is 0 Å². The van der Waals surface area contributed by atoms with Crippen LogP contribution in [0.5, 0.6) is 0 Å². The van der Waals surface area contributed by atoms with Crippen molar-refractivity contribution in [1.82, 2.24) is 4.90 Å². The topological polar surface area (TPSA) is 58.4 Å². The van der Waals surface area contributed by atoms with Crippen LogP contribution in [0, 0.1) is 0 Å². The average molecular weight is 403 g/mol. The fourth-order valence-corrected chi connectivity index (χ4v) is 2.70. The molecule has 1 amide bonds. The second-order valence-corrected chi connectivity index (χ2v) is 6.32. The summed E-state index contributed by atoms with van der Waals surface area (Å²) in [5.74, 6) is -0.103. The molecule has 25 heavy (non-hydrogen) atoms. The van der Waals surface area contributed by atoms with Gasteiger partial charge in [-0.25, -0.2) is 0 Å². The summed E-state index contributed by atoms with van der Waals surface area (Å²) in [6, 6.07) is 15.1. The SMILES string of the molecule is Cl.NCCN(CCC(=O)Nc1cc(Cl)ccc1Cl)Cc1ccccc1. The van der Waals surface area contributed by atoms with Crippen LogP contribution in [0.2, 0.25) is 10.0 Å². The van der Waals surface area contributed by atoms with Crippen LogP contribution < -0.4 is 11.1 Å². The first-order valence-electron chi connectivity index (χ1n) is 7.79. The summed E-state index contributed by atoms with van der Waals surface area (Å²) < 4.78 is 0. The zero-order valence-corrected chi connectivity index (χ0v) is 16.1. The van der Waals surface area contributed by atoms with E-state index in [-0.39, 0.29) is 18.3 Å². The van der Waals surface area contributed by atoms with Crippen molar-refractivity contribution in [2.45, 2.75) is 13.0 Å². The van der Waals surface area contributed by atoms with Gasteiger partial charge in [-0.1, -0.05) is 53.5 Å². The van der Waals surface area contributed by atoms with E-state index in [1.807, 2.05) is 18.2 Å². The van der Waals surface area contributed by atoms with E-state index in [2.05, 4.69) is 22.3 Å². The van der Waals surface area contributed by atoms with Gasteiger partial charge in [-0.2, -0.15) is 0 Å². The van der Waals surface area contributed by atoms with Crippen molar-refractivity contribution in [3.8, 4) is 0 Å². The molecule has 2 aromatic rings. The van der Waals surface area contributed by atoms with Crippen molar-refractivity contribution in [1.29, 1.82) is 0 Å². The fraction of sp³-hybridized carbons (Fsp3) is 0.278. The molecule has 0 saturated carbocycles. The number of carbonyl (C=O) groups excluding carboxylic acids is 1. The molecule has 0 saturated heterocycles. The lowest BCUT2D eigenvalue weighted by atomic mass is 10.2. The lowest BCUT2D eigenvalue weighted by Gasteiger charge is -2.21. The van der Waals surface area contributed by atoms with E-state index in [0.29, 0.717) is 35.2 Å². The third-order valence-electron chi connectivity index (χ3n) is 3.55. The van der Waals surface area contributed by atoms with Crippen LogP contribution in [0.3, 0.4) is 0 Å². The number of benzene rings is 2. The largest absolute Gasteiger partial charge is 0.329 e. The number of hydrogen-bond donors (Lipinski definition) is 2. The first-order chi connectivity index (χ1) is 11.6. The Morgan fingerprint density at radius 3 is 2.48 bits per heavy atom. The number of nitrogens with two attached hydrogens (primary N) is 1. The van der Waals surface area contributed by atoms with E-state index in [0.717, 1.165) is 13.1 Å². The molecule has 0 aliphatic rings. The van der Waals surface area contributed by atoms with Crippen LogP contribution >= 0.6 is 35.6 Å². The lowest BCUT2D eigenvalue weighted by molar-refractivity contribution is -0.116. The molecular weight excluding hydrogens is 381 g/mol. The quantitative estimate of drug-likeness (QED) is 0.695. The second-order valence-electron chi connectivity index (χ2n) is 5.47. The maximum absolute atomic E-state index is 12.2. The number of halogens is 3. The van der Waals surface area contributed by atoms with Crippen molar-refractivity contribution >= 4 is 47.2 Å². The highest BCUT2D eigenvalue weighted by Gasteiger charge is 2.10. The van der Waals surface area contributed by atoms with Crippen LogP contribution in [0.1, 0.15) is 12.0 Å². The van der Waals surface area contributed by atoms with Crippen LogP contribution in [-0.4, -0.2) is 30.4 Å². The third-order valence-corrected chi connectivity index (χ3v) is 4.12. The smallest absolute Gasteiger partial charge is 0.225 e. The second kappa shape index (κ2) is 11.3. The minimum Gasteiger partial charge on any atom is -0.329 e. The molecule has 2 rings (SSSR count). The van der Waals surface area contributed by atoms with Crippen LogP contribution in [0.25, 0.3) is 0 Å². The zero-order valence-electron chi connectivity index (χ0n) is 13.8. The summed E-state index contributed by atoms with van der Waals surface area (Å²) in [5, 5.41) is 3.80. The van der Waals surface area contributed by atoms with Gasteiger partial charge in [0, 0.05) is 37.6 Å². The minimum absolute atomic E-state index is 0. The maximum Gasteiger partial charge on any atom is 0.225 e. The molecular formula is C18H22Cl3N3O. The molecule has 0 bridgehead atoms. The molecule has 0 unspecified atom stereocenters. The van der Waals surface area contributed by atoms with E-state index in [9.17, 15) is 4.79 Å². The van der Waals surface area contributed by atoms with Gasteiger partial charge in [-0.3, -0.25) is 9.69 Å². The molecule has 0 heterocycles. The normalized spacial score (nSPS) is 10.4. The van der Waals surface area contributed by atoms with Crippen molar-refractivity contribution < 1.29 is 4.79 Å². The highest BCUT2D eigenvalue weighted by atomic mass is 35.5. The van der Waals surface area contributed by atoms with Crippen molar-refractivity contribution in [2.75, 3.05) is 25.0 Å². The molecule has 0 spiro atoms. The number of carbonyl (C=O) groups is 1. The van der Waals surface area contributed by atoms with Crippen LogP contribution in [0.4, 0.5) is 5.69 Å². The molecule has 0 aromatic heterocycles. The summed E-state index contributed by atoms with van der Waals surface area (Å²) in [4.78, 5) is 14.3. The van der Waals surface area contributed by atoms with Gasteiger partial charge in [0.1, 0.15) is 0 Å².